The van der Waals surface area contributed by atoms with Crippen molar-refractivity contribution in [3.63, 3.8) is 0 Å². The first-order chi connectivity index (χ1) is 18.6. The van der Waals surface area contributed by atoms with Crippen molar-refractivity contribution in [2.24, 2.45) is 5.10 Å². The van der Waals surface area contributed by atoms with Gasteiger partial charge in [0.05, 0.1) is 36.7 Å². The van der Waals surface area contributed by atoms with Crippen LogP contribution in [0.2, 0.25) is 0 Å². The minimum absolute atomic E-state index is 0.138. The highest BCUT2D eigenvalue weighted by molar-refractivity contribution is 9.10. The number of hydrogen-bond donors (Lipinski definition) is 0. The van der Waals surface area contributed by atoms with E-state index in [2.05, 4.69) is 22.0 Å². The summed E-state index contributed by atoms with van der Waals surface area (Å²) in [5.41, 5.74) is 4.20. The van der Waals surface area contributed by atoms with Crippen LogP contribution in [0.4, 0.5) is 5.69 Å². The Hall–Kier alpha value is -4.10. The molecule has 7 heteroatoms. The molecule has 188 valence electrons. The van der Waals surface area contributed by atoms with E-state index in [4.69, 9.17) is 14.6 Å². The van der Waals surface area contributed by atoms with Crippen molar-refractivity contribution in [1.82, 2.24) is 5.01 Å². The van der Waals surface area contributed by atoms with Crippen molar-refractivity contribution in [3.05, 3.63) is 124 Å². The minimum Gasteiger partial charge on any atom is -0.497 e. The molecule has 0 N–H and O–H groups in total. The van der Waals surface area contributed by atoms with Crippen molar-refractivity contribution in [1.29, 1.82) is 0 Å². The number of ether oxygens (including phenoxy) is 2. The lowest BCUT2D eigenvalue weighted by Gasteiger charge is -2.44. The standard InChI is InChI=1S/C31H24BrN3O3/c1-37-23-14-11-21(12-15-23)26-18-28-24-17-22(32)13-16-29(24)38-31(35(28)33-26)25-9-5-6-10-27(25)34(30(31)36)19-20-7-3-2-4-8-20/h2-17,28H,18-19H2,1H3/t28-,31-/m0/s1. The van der Waals surface area contributed by atoms with Gasteiger partial charge >= 0.3 is 5.72 Å². The van der Waals surface area contributed by atoms with E-state index in [1.165, 1.54) is 0 Å². The minimum atomic E-state index is -1.40. The lowest BCUT2D eigenvalue weighted by Crippen LogP contribution is -2.57. The molecule has 0 aromatic heterocycles. The third-order valence-corrected chi connectivity index (χ3v) is 8.02. The second-order valence-electron chi connectivity index (χ2n) is 9.66. The van der Waals surface area contributed by atoms with Crippen molar-refractivity contribution in [3.8, 4) is 11.5 Å². The van der Waals surface area contributed by atoms with Crippen molar-refractivity contribution >= 4 is 33.2 Å². The Labute approximate surface area is 229 Å². The van der Waals surface area contributed by atoms with Crippen LogP contribution < -0.4 is 14.4 Å². The second kappa shape index (κ2) is 8.74. The van der Waals surface area contributed by atoms with Crippen molar-refractivity contribution < 1.29 is 14.3 Å². The topological polar surface area (TPSA) is 54.4 Å². The fourth-order valence-electron chi connectivity index (χ4n) is 5.73. The van der Waals surface area contributed by atoms with Crippen LogP contribution in [0.5, 0.6) is 11.5 Å². The molecule has 3 aliphatic heterocycles. The van der Waals surface area contributed by atoms with Gasteiger partial charge in [-0.2, -0.15) is 5.10 Å². The number of fused-ring (bicyclic) bond motifs is 6. The molecule has 4 aromatic carbocycles. The van der Waals surface area contributed by atoms with Crippen molar-refractivity contribution in [2.75, 3.05) is 12.0 Å². The van der Waals surface area contributed by atoms with Crippen molar-refractivity contribution in [2.45, 2.75) is 24.7 Å². The van der Waals surface area contributed by atoms with Gasteiger partial charge < -0.3 is 14.4 Å². The number of carbonyl (C=O) groups is 1. The number of hydrazone groups is 1. The molecule has 7 rings (SSSR count). The Kier molecular flexibility index (Phi) is 5.30. The summed E-state index contributed by atoms with van der Waals surface area (Å²) in [5.74, 6) is 1.35. The van der Waals surface area contributed by atoms with E-state index in [0.29, 0.717) is 18.7 Å². The van der Waals surface area contributed by atoms with E-state index in [0.717, 1.165) is 43.9 Å². The number of rotatable bonds is 4. The highest BCUT2D eigenvalue weighted by atomic mass is 79.9. The maximum Gasteiger partial charge on any atom is 0.306 e. The molecular formula is C31H24BrN3O3. The molecule has 0 aliphatic carbocycles. The van der Waals surface area contributed by atoms with Crippen LogP contribution in [-0.4, -0.2) is 23.7 Å². The fraction of sp³-hybridized carbons (Fsp3) is 0.161. The van der Waals surface area contributed by atoms with E-state index >= 15 is 0 Å². The molecule has 0 saturated carbocycles. The number of methoxy groups -OCH3 is 1. The molecule has 2 atom stereocenters. The molecule has 1 amide bonds. The maximum absolute atomic E-state index is 14.6. The first-order valence-corrected chi connectivity index (χ1v) is 13.3. The summed E-state index contributed by atoms with van der Waals surface area (Å²) in [6, 6.07) is 31.6. The number of para-hydroxylation sites is 1. The lowest BCUT2D eigenvalue weighted by molar-refractivity contribution is -0.164. The largest absolute Gasteiger partial charge is 0.497 e. The average molecular weight is 566 g/mol. The van der Waals surface area contributed by atoms with Crippen LogP contribution in [-0.2, 0) is 17.1 Å². The van der Waals surface area contributed by atoms with Crippen LogP contribution in [0.1, 0.15) is 34.7 Å². The number of benzene rings is 4. The summed E-state index contributed by atoms with van der Waals surface area (Å²) >= 11 is 3.62. The summed E-state index contributed by atoms with van der Waals surface area (Å²) in [6.07, 6.45) is 0.648. The number of carbonyl (C=O) groups excluding carboxylic acids is 1. The Morgan fingerprint density at radius 1 is 1.00 bits per heavy atom. The molecule has 0 saturated heterocycles. The SMILES string of the molecule is COc1ccc(C2=NN3[C@@H](C2)c2cc(Br)ccc2O[C@@]32C(=O)N(Cc3ccccc3)c3ccccc32)cc1. The third kappa shape index (κ3) is 3.38. The molecule has 4 aromatic rings. The lowest BCUT2D eigenvalue weighted by atomic mass is 9.92. The van der Waals surface area contributed by atoms with E-state index in [1.807, 2.05) is 101 Å². The maximum atomic E-state index is 14.6. The van der Waals surface area contributed by atoms with Gasteiger partial charge in [0.15, 0.2) is 0 Å². The van der Waals surface area contributed by atoms with Gasteiger partial charge in [-0.3, -0.25) is 4.79 Å². The van der Waals surface area contributed by atoms with Gasteiger partial charge in [0.1, 0.15) is 11.5 Å². The Morgan fingerprint density at radius 2 is 1.76 bits per heavy atom. The van der Waals surface area contributed by atoms with Gasteiger partial charge in [-0.15, -0.1) is 0 Å². The zero-order chi connectivity index (χ0) is 25.9. The summed E-state index contributed by atoms with van der Waals surface area (Å²) in [4.78, 5) is 16.4. The number of anilines is 1. The van der Waals surface area contributed by atoms with Gasteiger partial charge in [-0.25, -0.2) is 5.01 Å². The second-order valence-corrected chi connectivity index (χ2v) is 10.6. The van der Waals surface area contributed by atoms with E-state index in [1.54, 1.807) is 7.11 Å². The molecule has 3 aliphatic rings. The van der Waals surface area contributed by atoms with Gasteiger partial charge in [-0.1, -0.05) is 64.5 Å². The van der Waals surface area contributed by atoms with Crippen LogP contribution in [0, 0.1) is 0 Å². The highest BCUT2D eigenvalue weighted by Gasteiger charge is 2.63. The Morgan fingerprint density at radius 3 is 2.55 bits per heavy atom. The highest BCUT2D eigenvalue weighted by Crippen LogP contribution is 2.56. The van der Waals surface area contributed by atoms with E-state index in [9.17, 15) is 4.79 Å². The predicted molar refractivity (Wildman–Crippen MR) is 149 cm³/mol. The molecule has 6 nitrogen and oxygen atoms in total. The van der Waals surface area contributed by atoms with E-state index in [-0.39, 0.29) is 11.9 Å². The molecule has 3 heterocycles. The first-order valence-electron chi connectivity index (χ1n) is 12.5. The summed E-state index contributed by atoms with van der Waals surface area (Å²) in [6.45, 7) is 0.447. The molecule has 0 radical (unpaired) electrons. The number of amides is 1. The van der Waals surface area contributed by atoms with Crippen LogP contribution >= 0.6 is 15.9 Å². The van der Waals surface area contributed by atoms with E-state index < -0.39 is 5.72 Å². The number of nitrogens with zero attached hydrogens (tertiary/aromatic N) is 3. The Bertz CT molecular complexity index is 1590. The predicted octanol–water partition coefficient (Wildman–Crippen LogP) is 6.40. The molecule has 0 unspecified atom stereocenters. The smallest absolute Gasteiger partial charge is 0.306 e. The zero-order valence-electron chi connectivity index (χ0n) is 20.7. The van der Waals surface area contributed by atoms with Gasteiger partial charge in [0.25, 0.3) is 5.91 Å². The molecule has 1 spiro atoms. The first kappa shape index (κ1) is 23.0. The number of halogens is 1. The average Bonchev–Trinajstić information content (AvgIpc) is 3.50. The zero-order valence-corrected chi connectivity index (χ0v) is 22.3. The van der Waals surface area contributed by atoms with Crippen LogP contribution in [0.3, 0.4) is 0 Å². The van der Waals surface area contributed by atoms with Gasteiger partial charge in [0.2, 0.25) is 0 Å². The third-order valence-electron chi connectivity index (χ3n) is 7.52. The molecular weight excluding hydrogens is 542 g/mol. The van der Waals surface area contributed by atoms with Crippen LogP contribution in [0.25, 0.3) is 0 Å². The fourth-order valence-corrected chi connectivity index (χ4v) is 6.10. The molecule has 0 fully saturated rings. The number of hydrogen-bond acceptors (Lipinski definition) is 5. The summed E-state index contributed by atoms with van der Waals surface area (Å²) in [5, 5.41) is 7.01. The molecule has 38 heavy (non-hydrogen) atoms. The molecule has 0 bridgehead atoms. The summed E-state index contributed by atoms with van der Waals surface area (Å²) in [7, 11) is 1.66. The normalized spacial score (nSPS) is 21.1. The van der Waals surface area contributed by atoms with Gasteiger partial charge in [-0.05, 0) is 59.7 Å². The quantitative estimate of drug-likeness (QED) is 0.287. The van der Waals surface area contributed by atoms with Crippen LogP contribution in [0.15, 0.2) is 107 Å². The Balaban J connectivity index is 1.39. The summed E-state index contributed by atoms with van der Waals surface area (Å²) < 4.78 is 13.1. The van der Waals surface area contributed by atoms with Gasteiger partial charge in [0, 0.05) is 16.5 Å². The monoisotopic (exact) mass is 565 g/mol.